The number of primary amides is 1. The number of piperidine rings is 1. The molecule has 0 saturated carbocycles. The van der Waals surface area contributed by atoms with Gasteiger partial charge in [-0.05, 0) is 43.0 Å². The number of amides is 3. The molecule has 28 heavy (non-hydrogen) atoms. The molecule has 1 atom stereocenters. The Labute approximate surface area is 165 Å². The second-order valence-corrected chi connectivity index (χ2v) is 9.03. The highest BCUT2D eigenvalue weighted by molar-refractivity contribution is 7.89. The third-order valence-electron chi connectivity index (χ3n) is 4.74. The van der Waals surface area contributed by atoms with Gasteiger partial charge in [-0.3, -0.25) is 4.79 Å². The summed E-state index contributed by atoms with van der Waals surface area (Å²) < 4.78 is 32.0. The Hall–Kier alpha value is -2.33. The molecule has 0 aromatic heterocycles. The molecule has 1 aliphatic rings. The number of hydrogen-bond acceptors (Lipinski definition) is 5. The highest BCUT2D eigenvalue weighted by Crippen LogP contribution is 2.23. The molecule has 3 amide bonds. The first kappa shape index (κ1) is 22.0. The number of carbonyl (C=O) groups is 2. The molecule has 0 bridgehead atoms. The quantitative estimate of drug-likeness (QED) is 0.605. The molecule has 1 saturated heterocycles. The van der Waals surface area contributed by atoms with Crippen molar-refractivity contribution in [2.75, 3.05) is 20.2 Å². The van der Waals surface area contributed by atoms with E-state index in [9.17, 15) is 18.0 Å². The third kappa shape index (κ3) is 5.35. The van der Waals surface area contributed by atoms with Crippen LogP contribution in [0.3, 0.4) is 0 Å². The Morgan fingerprint density at radius 2 is 1.75 bits per heavy atom. The summed E-state index contributed by atoms with van der Waals surface area (Å²) in [5, 5.41) is 5.33. The van der Waals surface area contributed by atoms with Crippen molar-refractivity contribution in [2.45, 2.75) is 43.7 Å². The number of carbonyl (C=O) groups excluding carboxylic acids is 2. The second kappa shape index (κ2) is 9.24. The average molecular weight is 413 g/mol. The standard InChI is InChI=1S/C18H28N4O5S/c1-12(2)16(21-18(19)24)17(23)20-13-8-10-22(11-9-13)28(25,26)15-6-4-14(27-3)5-7-15/h4-7,12-13,16H,8-11H2,1-3H3,(H,20,23)(H3,19,21,24)/t16-/m0/s1. The van der Waals surface area contributed by atoms with Gasteiger partial charge in [-0.25, -0.2) is 13.2 Å². The van der Waals surface area contributed by atoms with Crippen LogP contribution in [-0.4, -0.2) is 56.9 Å². The molecular weight excluding hydrogens is 384 g/mol. The van der Waals surface area contributed by atoms with Crippen LogP contribution in [0.15, 0.2) is 29.2 Å². The first-order valence-electron chi connectivity index (χ1n) is 9.15. The van der Waals surface area contributed by atoms with Crippen molar-refractivity contribution < 1.29 is 22.7 Å². The van der Waals surface area contributed by atoms with Gasteiger partial charge in [-0.1, -0.05) is 13.8 Å². The number of nitrogens with one attached hydrogen (secondary N) is 2. The predicted octanol–water partition coefficient (Wildman–Crippen LogP) is 0.657. The lowest BCUT2D eigenvalue weighted by Crippen LogP contribution is -2.55. The van der Waals surface area contributed by atoms with E-state index in [0.29, 0.717) is 31.7 Å². The van der Waals surface area contributed by atoms with Crippen molar-refractivity contribution in [3.05, 3.63) is 24.3 Å². The van der Waals surface area contributed by atoms with E-state index in [0.717, 1.165) is 0 Å². The molecule has 2 rings (SSSR count). The zero-order valence-electron chi connectivity index (χ0n) is 16.3. The molecule has 1 heterocycles. The molecule has 0 unspecified atom stereocenters. The van der Waals surface area contributed by atoms with Crippen LogP contribution in [0.1, 0.15) is 26.7 Å². The van der Waals surface area contributed by atoms with Crippen LogP contribution >= 0.6 is 0 Å². The molecule has 9 nitrogen and oxygen atoms in total. The number of nitrogens with zero attached hydrogens (tertiary/aromatic N) is 1. The van der Waals surface area contributed by atoms with Gasteiger partial charge in [0.15, 0.2) is 0 Å². The van der Waals surface area contributed by atoms with Gasteiger partial charge in [0, 0.05) is 19.1 Å². The highest BCUT2D eigenvalue weighted by atomic mass is 32.2. The fourth-order valence-electron chi connectivity index (χ4n) is 3.12. The lowest BCUT2D eigenvalue weighted by Gasteiger charge is -2.33. The van der Waals surface area contributed by atoms with Crippen molar-refractivity contribution in [3.63, 3.8) is 0 Å². The van der Waals surface area contributed by atoms with Crippen LogP contribution in [0.25, 0.3) is 0 Å². The first-order chi connectivity index (χ1) is 13.1. The summed E-state index contributed by atoms with van der Waals surface area (Å²) in [5.74, 6) is 0.151. The zero-order chi connectivity index (χ0) is 20.9. The first-order valence-corrected chi connectivity index (χ1v) is 10.6. The van der Waals surface area contributed by atoms with E-state index in [1.807, 2.05) is 13.8 Å². The minimum Gasteiger partial charge on any atom is -0.497 e. The summed E-state index contributed by atoms with van der Waals surface area (Å²) >= 11 is 0. The molecule has 0 spiro atoms. The number of hydrogen-bond donors (Lipinski definition) is 3. The van der Waals surface area contributed by atoms with Gasteiger partial charge in [0.05, 0.1) is 12.0 Å². The van der Waals surface area contributed by atoms with Crippen molar-refractivity contribution in [3.8, 4) is 5.75 Å². The Balaban J connectivity index is 1.96. The van der Waals surface area contributed by atoms with Crippen LogP contribution in [0.2, 0.25) is 0 Å². The molecule has 1 aromatic rings. The largest absolute Gasteiger partial charge is 0.497 e. The maximum absolute atomic E-state index is 12.8. The predicted molar refractivity (Wildman–Crippen MR) is 104 cm³/mol. The molecular formula is C18H28N4O5S. The number of benzene rings is 1. The molecule has 1 aliphatic heterocycles. The fraction of sp³-hybridized carbons (Fsp3) is 0.556. The second-order valence-electron chi connectivity index (χ2n) is 7.09. The number of methoxy groups -OCH3 is 1. The lowest BCUT2D eigenvalue weighted by atomic mass is 10.0. The summed E-state index contributed by atoms with van der Waals surface area (Å²) in [7, 11) is -2.07. The number of ether oxygens (including phenoxy) is 1. The van der Waals surface area contributed by atoms with Crippen molar-refractivity contribution in [1.29, 1.82) is 0 Å². The van der Waals surface area contributed by atoms with Crippen LogP contribution < -0.4 is 21.1 Å². The van der Waals surface area contributed by atoms with E-state index in [1.165, 1.54) is 23.5 Å². The fourth-order valence-corrected chi connectivity index (χ4v) is 4.59. The Bertz CT molecular complexity index is 787. The highest BCUT2D eigenvalue weighted by Gasteiger charge is 2.31. The maximum atomic E-state index is 12.8. The Morgan fingerprint density at radius 1 is 1.18 bits per heavy atom. The number of sulfonamides is 1. The van der Waals surface area contributed by atoms with Crippen LogP contribution in [-0.2, 0) is 14.8 Å². The molecule has 0 aliphatic carbocycles. The van der Waals surface area contributed by atoms with Gasteiger partial charge < -0.3 is 21.1 Å². The summed E-state index contributed by atoms with van der Waals surface area (Å²) in [6.45, 7) is 4.22. The smallest absolute Gasteiger partial charge is 0.312 e. The van der Waals surface area contributed by atoms with Crippen molar-refractivity contribution in [1.82, 2.24) is 14.9 Å². The van der Waals surface area contributed by atoms with E-state index in [1.54, 1.807) is 12.1 Å². The summed E-state index contributed by atoms with van der Waals surface area (Å²) in [6, 6.07) is 4.61. The number of urea groups is 1. The van der Waals surface area contributed by atoms with E-state index in [2.05, 4.69) is 10.6 Å². The van der Waals surface area contributed by atoms with Crippen LogP contribution in [0.5, 0.6) is 5.75 Å². The van der Waals surface area contributed by atoms with Gasteiger partial charge >= 0.3 is 6.03 Å². The summed E-state index contributed by atoms with van der Waals surface area (Å²) in [4.78, 5) is 23.7. The summed E-state index contributed by atoms with van der Waals surface area (Å²) in [5.41, 5.74) is 5.13. The monoisotopic (exact) mass is 412 g/mol. The lowest BCUT2D eigenvalue weighted by molar-refractivity contribution is -0.124. The van der Waals surface area contributed by atoms with Crippen molar-refractivity contribution >= 4 is 22.0 Å². The van der Waals surface area contributed by atoms with Gasteiger partial charge in [0.25, 0.3) is 0 Å². The van der Waals surface area contributed by atoms with Crippen molar-refractivity contribution in [2.24, 2.45) is 11.7 Å². The van der Waals surface area contributed by atoms with E-state index >= 15 is 0 Å². The third-order valence-corrected chi connectivity index (χ3v) is 6.66. The number of nitrogens with two attached hydrogens (primary N) is 1. The van der Waals surface area contributed by atoms with E-state index in [-0.39, 0.29) is 22.8 Å². The van der Waals surface area contributed by atoms with Gasteiger partial charge in [0.2, 0.25) is 15.9 Å². The minimum absolute atomic E-state index is 0.122. The average Bonchev–Trinajstić information content (AvgIpc) is 2.66. The molecule has 0 radical (unpaired) electrons. The maximum Gasteiger partial charge on any atom is 0.312 e. The zero-order valence-corrected chi connectivity index (χ0v) is 17.2. The van der Waals surface area contributed by atoms with E-state index < -0.39 is 22.1 Å². The topological polar surface area (TPSA) is 131 Å². The van der Waals surface area contributed by atoms with E-state index in [4.69, 9.17) is 10.5 Å². The molecule has 1 fully saturated rings. The van der Waals surface area contributed by atoms with Gasteiger partial charge in [-0.15, -0.1) is 0 Å². The molecule has 4 N–H and O–H groups in total. The van der Waals surface area contributed by atoms with Gasteiger partial charge in [0.1, 0.15) is 11.8 Å². The molecule has 156 valence electrons. The summed E-state index contributed by atoms with van der Waals surface area (Å²) in [6.07, 6.45) is 0.977. The minimum atomic E-state index is -3.59. The normalized spacial score (nSPS) is 17.1. The SMILES string of the molecule is COc1ccc(S(=O)(=O)N2CCC(NC(=O)[C@@H](NC(N)=O)C(C)C)CC2)cc1. The van der Waals surface area contributed by atoms with Gasteiger partial charge in [-0.2, -0.15) is 4.31 Å². The molecule has 10 heteroatoms. The molecule has 1 aromatic carbocycles. The Kier molecular flexibility index (Phi) is 7.25. The Morgan fingerprint density at radius 3 is 2.21 bits per heavy atom. The van der Waals surface area contributed by atoms with Crippen LogP contribution in [0, 0.1) is 5.92 Å². The number of rotatable bonds is 7. The van der Waals surface area contributed by atoms with Crippen LogP contribution in [0.4, 0.5) is 4.79 Å².